The third-order valence-corrected chi connectivity index (χ3v) is 4.59. The Labute approximate surface area is 155 Å². The highest BCUT2D eigenvalue weighted by Crippen LogP contribution is 2.33. The third kappa shape index (κ3) is 3.57. The van der Waals surface area contributed by atoms with E-state index in [0.29, 0.717) is 0 Å². The molecule has 3 aromatic rings. The number of nitrogens with zero attached hydrogens (tertiary/aromatic N) is 2. The molecule has 0 amide bonds. The van der Waals surface area contributed by atoms with Gasteiger partial charge in [0.15, 0.2) is 0 Å². The molecule has 0 aliphatic carbocycles. The minimum absolute atomic E-state index is 0. The van der Waals surface area contributed by atoms with E-state index in [1.165, 1.54) is 27.7 Å². The monoisotopic (exact) mass is 356 g/mol. The number of methoxy groups -OCH3 is 1. The number of hydrogen-bond acceptors (Lipinski definition) is 2. The van der Waals surface area contributed by atoms with Crippen LogP contribution in [0.3, 0.4) is 0 Å². The van der Waals surface area contributed by atoms with Gasteiger partial charge in [-0.1, -0.05) is 11.6 Å². The second-order valence-corrected chi connectivity index (χ2v) is 6.39. The van der Waals surface area contributed by atoms with E-state index in [1.54, 1.807) is 7.11 Å². The zero-order valence-corrected chi connectivity index (χ0v) is 16.3. The first-order valence-electron chi connectivity index (χ1n) is 8.25. The van der Waals surface area contributed by atoms with Crippen molar-refractivity contribution in [2.45, 2.75) is 34.2 Å². The molecule has 0 saturated carbocycles. The molecule has 4 heteroatoms. The predicted octanol–water partition coefficient (Wildman–Crippen LogP) is 5.72. The Balaban J connectivity index is 0.00000225. The molecule has 3 nitrogen and oxygen atoms in total. The molecule has 0 bridgehead atoms. The van der Waals surface area contributed by atoms with Crippen molar-refractivity contribution in [3.05, 3.63) is 59.4 Å². The number of hydrogen-bond donors (Lipinski definition) is 0. The van der Waals surface area contributed by atoms with Crippen LogP contribution >= 0.6 is 12.4 Å². The van der Waals surface area contributed by atoms with Crippen LogP contribution in [0.25, 0.3) is 22.2 Å². The van der Waals surface area contributed by atoms with E-state index < -0.39 is 0 Å². The number of aromatic nitrogens is 2. The molecular formula is C21H25ClN2O. The quantitative estimate of drug-likeness (QED) is 0.559. The van der Waals surface area contributed by atoms with Crippen LogP contribution in [0.1, 0.15) is 25.1 Å². The highest BCUT2D eigenvalue weighted by Gasteiger charge is 2.15. The Hall–Kier alpha value is -2.26. The maximum atomic E-state index is 5.27. The average Bonchev–Trinajstić information content (AvgIpc) is 2.84. The topological polar surface area (TPSA) is 27.1 Å². The molecule has 0 aliphatic rings. The highest BCUT2D eigenvalue weighted by molar-refractivity contribution is 5.95. The molecule has 3 rings (SSSR count). The molecule has 0 fully saturated rings. The van der Waals surface area contributed by atoms with Gasteiger partial charge < -0.3 is 9.30 Å². The number of ether oxygens (including phenoxy) is 1. The number of halogens is 1. The normalized spacial score (nSPS) is 10.4. The van der Waals surface area contributed by atoms with Gasteiger partial charge in [0.1, 0.15) is 5.75 Å². The lowest BCUT2D eigenvalue weighted by atomic mass is 10.1. The number of pyridine rings is 1. The van der Waals surface area contributed by atoms with Gasteiger partial charge in [0.2, 0.25) is 0 Å². The first-order chi connectivity index (χ1) is 11.5. The minimum atomic E-state index is 0. The van der Waals surface area contributed by atoms with Crippen LogP contribution < -0.4 is 4.74 Å². The number of aryl methyl sites for hydroxylation is 1. The molecule has 2 heterocycles. The molecule has 0 spiro atoms. The Morgan fingerprint density at radius 2 is 1.80 bits per heavy atom. The molecule has 132 valence electrons. The molecule has 2 aromatic heterocycles. The van der Waals surface area contributed by atoms with Gasteiger partial charge in [0.25, 0.3) is 0 Å². The number of rotatable bonds is 4. The lowest BCUT2D eigenvalue weighted by Gasteiger charge is -2.10. The Morgan fingerprint density at radius 1 is 1.12 bits per heavy atom. The van der Waals surface area contributed by atoms with Crippen LogP contribution in [0.5, 0.6) is 5.75 Å². The van der Waals surface area contributed by atoms with Crippen LogP contribution in [-0.2, 0) is 6.54 Å². The maximum Gasteiger partial charge on any atom is 0.118 e. The van der Waals surface area contributed by atoms with E-state index in [0.717, 1.165) is 23.6 Å². The Bertz CT molecular complexity index is 904. The summed E-state index contributed by atoms with van der Waals surface area (Å²) in [6.45, 7) is 9.51. The summed E-state index contributed by atoms with van der Waals surface area (Å²) in [6.07, 6.45) is 4.16. The van der Waals surface area contributed by atoms with Crippen LogP contribution in [0.4, 0.5) is 0 Å². The lowest BCUT2D eigenvalue weighted by Crippen LogP contribution is -2.00. The fourth-order valence-corrected chi connectivity index (χ4v) is 3.06. The van der Waals surface area contributed by atoms with Crippen molar-refractivity contribution in [1.29, 1.82) is 0 Å². The van der Waals surface area contributed by atoms with Crippen molar-refractivity contribution < 1.29 is 4.74 Å². The van der Waals surface area contributed by atoms with Gasteiger partial charge >= 0.3 is 0 Å². The minimum Gasteiger partial charge on any atom is -0.497 e. The second-order valence-electron chi connectivity index (χ2n) is 6.39. The fourth-order valence-electron chi connectivity index (χ4n) is 3.06. The molecule has 0 radical (unpaired) electrons. The van der Waals surface area contributed by atoms with Crippen LogP contribution in [0.2, 0.25) is 0 Å². The zero-order valence-electron chi connectivity index (χ0n) is 15.5. The van der Waals surface area contributed by atoms with E-state index in [4.69, 9.17) is 9.72 Å². The number of fused-ring (bicyclic) bond motifs is 1. The van der Waals surface area contributed by atoms with Crippen LogP contribution in [-0.4, -0.2) is 16.7 Å². The van der Waals surface area contributed by atoms with Crippen molar-refractivity contribution in [1.82, 2.24) is 9.55 Å². The Kier molecular flexibility index (Phi) is 5.91. The van der Waals surface area contributed by atoms with E-state index >= 15 is 0 Å². The summed E-state index contributed by atoms with van der Waals surface area (Å²) in [5.41, 5.74) is 7.28. The SMILES string of the molecule is COc1ccc(-c2nccc3c(C)c(C)n(CC=C(C)C)c23)cc1.Cl. The molecular weight excluding hydrogens is 332 g/mol. The largest absolute Gasteiger partial charge is 0.497 e. The summed E-state index contributed by atoms with van der Waals surface area (Å²) >= 11 is 0. The second kappa shape index (κ2) is 7.75. The summed E-state index contributed by atoms with van der Waals surface area (Å²) in [4.78, 5) is 4.69. The van der Waals surface area contributed by atoms with Crippen molar-refractivity contribution in [2.24, 2.45) is 0 Å². The van der Waals surface area contributed by atoms with E-state index in [1.807, 2.05) is 18.3 Å². The fraction of sp³-hybridized carbons (Fsp3) is 0.286. The van der Waals surface area contributed by atoms with Gasteiger partial charge in [-0.15, -0.1) is 12.4 Å². The third-order valence-electron chi connectivity index (χ3n) is 4.59. The molecule has 0 aliphatic heterocycles. The number of allylic oxidation sites excluding steroid dienone is 2. The van der Waals surface area contributed by atoms with Crippen molar-refractivity contribution in [3.8, 4) is 17.0 Å². The predicted molar refractivity (Wildman–Crippen MR) is 108 cm³/mol. The van der Waals surface area contributed by atoms with Crippen molar-refractivity contribution >= 4 is 23.3 Å². The smallest absolute Gasteiger partial charge is 0.118 e. The molecule has 0 unspecified atom stereocenters. The summed E-state index contributed by atoms with van der Waals surface area (Å²) in [6, 6.07) is 10.2. The maximum absolute atomic E-state index is 5.27. The van der Waals surface area contributed by atoms with E-state index in [-0.39, 0.29) is 12.4 Å². The molecule has 1 aromatic carbocycles. The van der Waals surface area contributed by atoms with Gasteiger partial charge in [-0.3, -0.25) is 4.98 Å². The Morgan fingerprint density at radius 3 is 2.40 bits per heavy atom. The molecule has 25 heavy (non-hydrogen) atoms. The van der Waals surface area contributed by atoms with Gasteiger partial charge in [-0.05, 0) is 63.6 Å². The first-order valence-corrected chi connectivity index (χ1v) is 8.25. The van der Waals surface area contributed by atoms with Crippen LogP contribution in [0, 0.1) is 13.8 Å². The molecule has 0 saturated heterocycles. The summed E-state index contributed by atoms with van der Waals surface area (Å²) in [5.74, 6) is 0.859. The van der Waals surface area contributed by atoms with Gasteiger partial charge in [-0.25, -0.2) is 0 Å². The standard InChI is InChI=1S/C21H24N2O.ClH/c1-14(2)11-13-23-16(4)15(3)19-10-12-22-20(21(19)23)17-6-8-18(24-5)9-7-17;/h6-12H,13H2,1-5H3;1H. The molecule has 0 N–H and O–H groups in total. The average molecular weight is 357 g/mol. The van der Waals surface area contributed by atoms with Gasteiger partial charge in [0, 0.05) is 29.4 Å². The van der Waals surface area contributed by atoms with Crippen LogP contribution in [0.15, 0.2) is 48.2 Å². The molecule has 0 atom stereocenters. The van der Waals surface area contributed by atoms with E-state index in [2.05, 4.69) is 56.5 Å². The zero-order chi connectivity index (χ0) is 17.3. The summed E-state index contributed by atoms with van der Waals surface area (Å²) in [5, 5.41) is 1.27. The van der Waals surface area contributed by atoms with Crippen molar-refractivity contribution in [2.75, 3.05) is 7.11 Å². The lowest BCUT2D eigenvalue weighted by molar-refractivity contribution is 0.415. The summed E-state index contributed by atoms with van der Waals surface area (Å²) < 4.78 is 7.64. The summed E-state index contributed by atoms with van der Waals surface area (Å²) in [7, 11) is 1.69. The number of benzene rings is 1. The van der Waals surface area contributed by atoms with Crippen molar-refractivity contribution in [3.63, 3.8) is 0 Å². The van der Waals surface area contributed by atoms with Gasteiger partial charge in [0.05, 0.1) is 18.3 Å². The van der Waals surface area contributed by atoms with Gasteiger partial charge in [-0.2, -0.15) is 0 Å². The highest BCUT2D eigenvalue weighted by atomic mass is 35.5. The van der Waals surface area contributed by atoms with E-state index in [9.17, 15) is 0 Å². The first kappa shape index (κ1) is 19.1.